The summed E-state index contributed by atoms with van der Waals surface area (Å²) in [5.41, 5.74) is 3.80. The molecule has 148 valence electrons. The quantitative estimate of drug-likeness (QED) is 0.651. The zero-order valence-corrected chi connectivity index (χ0v) is 16.3. The molecular weight excluding hydrogens is 368 g/mol. The summed E-state index contributed by atoms with van der Waals surface area (Å²) in [6.07, 6.45) is 0.209. The second-order valence-electron chi connectivity index (χ2n) is 6.89. The lowest BCUT2D eigenvalue weighted by Crippen LogP contribution is -2.26. The van der Waals surface area contributed by atoms with Gasteiger partial charge in [0.15, 0.2) is 0 Å². The summed E-state index contributed by atoms with van der Waals surface area (Å²) in [4.78, 5) is 18.0. The summed E-state index contributed by atoms with van der Waals surface area (Å²) >= 11 is 0. The van der Waals surface area contributed by atoms with E-state index in [1.165, 1.54) is 0 Å². The van der Waals surface area contributed by atoms with Crippen LogP contribution >= 0.6 is 0 Å². The van der Waals surface area contributed by atoms with E-state index >= 15 is 0 Å². The molecule has 3 aromatic rings. The topological polar surface area (TPSA) is 91.4 Å². The highest BCUT2D eigenvalue weighted by Crippen LogP contribution is 2.32. The minimum Gasteiger partial charge on any atom is -0.509 e. The first-order valence-corrected chi connectivity index (χ1v) is 9.44. The third-order valence-electron chi connectivity index (χ3n) is 5.02. The molecule has 0 saturated heterocycles. The van der Waals surface area contributed by atoms with Crippen LogP contribution in [0.5, 0.6) is 0 Å². The van der Waals surface area contributed by atoms with Gasteiger partial charge in [0, 0.05) is 12.7 Å². The normalized spacial score (nSPS) is 14.1. The number of fused-ring (bicyclic) bond motifs is 1. The van der Waals surface area contributed by atoms with Gasteiger partial charge in [-0.2, -0.15) is 0 Å². The Morgan fingerprint density at radius 3 is 2.62 bits per heavy atom. The van der Waals surface area contributed by atoms with Gasteiger partial charge in [-0.3, -0.25) is 10.2 Å². The van der Waals surface area contributed by atoms with Gasteiger partial charge in [-0.05, 0) is 36.8 Å². The van der Waals surface area contributed by atoms with Crippen molar-refractivity contribution >= 4 is 34.1 Å². The lowest BCUT2D eigenvalue weighted by atomic mass is 10.1. The van der Waals surface area contributed by atoms with Gasteiger partial charge in [-0.1, -0.05) is 24.3 Å². The van der Waals surface area contributed by atoms with Crippen LogP contribution in [-0.4, -0.2) is 39.6 Å². The van der Waals surface area contributed by atoms with Crippen LogP contribution in [-0.2, 0) is 23.0 Å². The number of benzene rings is 2. The van der Waals surface area contributed by atoms with E-state index in [2.05, 4.69) is 4.98 Å². The number of rotatable bonds is 5. The largest absolute Gasteiger partial charge is 0.509 e. The number of ether oxygens (including phenoxy) is 1. The molecule has 1 aromatic heterocycles. The number of nitrogens with one attached hydrogen (secondary N) is 1. The second-order valence-corrected chi connectivity index (χ2v) is 6.89. The Balaban J connectivity index is 1.59. The van der Waals surface area contributed by atoms with Crippen molar-refractivity contribution < 1.29 is 14.6 Å². The first-order valence-electron chi connectivity index (χ1n) is 9.44. The smallest absolute Gasteiger partial charge is 0.310 e. The summed E-state index contributed by atoms with van der Waals surface area (Å²) in [5, 5.41) is 19.3. The maximum absolute atomic E-state index is 11.6. The molecule has 0 aliphatic carbocycles. The summed E-state index contributed by atoms with van der Waals surface area (Å²) in [5.74, 6) is 0.607. The number of imidazole rings is 1. The number of aliphatic hydroxyl groups is 1. The van der Waals surface area contributed by atoms with E-state index in [-0.39, 0.29) is 30.5 Å². The highest BCUT2D eigenvalue weighted by molar-refractivity contribution is 6.30. The molecule has 1 aliphatic rings. The zero-order chi connectivity index (χ0) is 20.5. The Morgan fingerprint density at radius 1 is 1.21 bits per heavy atom. The lowest BCUT2D eigenvalue weighted by molar-refractivity contribution is -0.142. The number of nitrogens with zero attached hydrogens (tertiary/aromatic N) is 3. The van der Waals surface area contributed by atoms with Gasteiger partial charge in [-0.15, -0.1) is 0 Å². The molecule has 4 rings (SSSR count). The minimum absolute atomic E-state index is 0.115. The molecule has 2 N–H and O–H groups in total. The van der Waals surface area contributed by atoms with Crippen molar-refractivity contribution in [2.24, 2.45) is 7.05 Å². The monoisotopic (exact) mass is 390 g/mol. The van der Waals surface area contributed by atoms with Gasteiger partial charge in [0.05, 0.1) is 36.2 Å². The van der Waals surface area contributed by atoms with E-state index in [0.29, 0.717) is 18.0 Å². The number of amidine groups is 1. The molecular formula is C22H22N4O3. The number of aromatic nitrogens is 2. The molecule has 0 spiro atoms. The Hall–Kier alpha value is -3.61. The average Bonchev–Trinajstić information content (AvgIpc) is 3.19. The highest BCUT2D eigenvalue weighted by Gasteiger charge is 2.32. The van der Waals surface area contributed by atoms with Crippen LogP contribution in [0.3, 0.4) is 0 Å². The van der Waals surface area contributed by atoms with E-state index in [1.807, 2.05) is 60.1 Å². The molecule has 0 atom stereocenters. The molecule has 7 nitrogen and oxygen atoms in total. The number of anilines is 1. The van der Waals surface area contributed by atoms with Crippen molar-refractivity contribution in [2.75, 3.05) is 18.1 Å². The molecule has 0 amide bonds. The third kappa shape index (κ3) is 3.35. The number of para-hydroxylation sites is 2. The van der Waals surface area contributed by atoms with E-state index in [0.717, 1.165) is 22.3 Å². The lowest BCUT2D eigenvalue weighted by Gasteiger charge is -2.19. The van der Waals surface area contributed by atoms with Crippen LogP contribution in [0, 0.1) is 5.41 Å². The fraction of sp³-hybridized carbons (Fsp3) is 0.227. The fourth-order valence-electron chi connectivity index (χ4n) is 3.58. The standard InChI is InChI=1S/C22H22N4O3/c1-3-29-19(28)12-14-8-10-15(11-9-14)26-13-18(27)20(21(26)23)22-24-16-6-4-5-7-17(16)25(22)2/h4-11,23,27H,3,12-13H2,1-2H3. The van der Waals surface area contributed by atoms with Gasteiger partial charge < -0.3 is 19.3 Å². The summed E-state index contributed by atoms with van der Waals surface area (Å²) in [6.45, 7) is 2.34. The zero-order valence-electron chi connectivity index (χ0n) is 16.3. The van der Waals surface area contributed by atoms with Gasteiger partial charge in [0.1, 0.15) is 17.4 Å². The van der Waals surface area contributed by atoms with Gasteiger partial charge >= 0.3 is 5.97 Å². The van der Waals surface area contributed by atoms with E-state index in [4.69, 9.17) is 10.1 Å². The van der Waals surface area contributed by atoms with Gasteiger partial charge in [0.25, 0.3) is 0 Å². The first kappa shape index (κ1) is 18.7. The molecule has 29 heavy (non-hydrogen) atoms. The van der Waals surface area contributed by atoms with Crippen molar-refractivity contribution in [3.8, 4) is 0 Å². The molecule has 0 unspecified atom stereocenters. The van der Waals surface area contributed by atoms with Crippen molar-refractivity contribution in [1.82, 2.24) is 9.55 Å². The van der Waals surface area contributed by atoms with Crippen LogP contribution in [0.4, 0.5) is 5.69 Å². The van der Waals surface area contributed by atoms with Crippen LogP contribution in [0.2, 0.25) is 0 Å². The molecule has 0 saturated carbocycles. The van der Waals surface area contributed by atoms with Crippen LogP contribution in [0.1, 0.15) is 18.3 Å². The molecule has 2 aromatic carbocycles. The van der Waals surface area contributed by atoms with Gasteiger partial charge in [-0.25, -0.2) is 4.98 Å². The van der Waals surface area contributed by atoms with Crippen molar-refractivity contribution in [3.63, 3.8) is 0 Å². The van der Waals surface area contributed by atoms with Crippen molar-refractivity contribution in [1.29, 1.82) is 5.41 Å². The number of carbonyl (C=O) groups excluding carboxylic acids is 1. The third-order valence-corrected chi connectivity index (χ3v) is 5.02. The van der Waals surface area contributed by atoms with Gasteiger partial charge in [0.2, 0.25) is 0 Å². The Labute approximate surface area is 168 Å². The van der Waals surface area contributed by atoms with E-state index in [9.17, 15) is 9.90 Å². The predicted octanol–water partition coefficient (Wildman–Crippen LogP) is 3.45. The molecule has 1 aliphatic heterocycles. The minimum atomic E-state index is -0.266. The van der Waals surface area contributed by atoms with Crippen molar-refractivity contribution in [2.45, 2.75) is 13.3 Å². The van der Waals surface area contributed by atoms with E-state index < -0.39 is 0 Å². The van der Waals surface area contributed by atoms with Crippen LogP contribution < -0.4 is 4.90 Å². The van der Waals surface area contributed by atoms with Crippen LogP contribution in [0.25, 0.3) is 16.6 Å². The molecule has 0 fully saturated rings. The molecule has 0 bridgehead atoms. The van der Waals surface area contributed by atoms with Crippen molar-refractivity contribution in [3.05, 3.63) is 65.7 Å². The Bertz CT molecular complexity index is 1130. The summed E-state index contributed by atoms with van der Waals surface area (Å²) in [7, 11) is 1.88. The Morgan fingerprint density at radius 2 is 1.93 bits per heavy atom. The summed E-state index contributed by atoms with van der Waals surface area (Å²) in [6, 6.07) is 15.1. The Kier molecular flexibility index (Phi) is 4.80. The summed E-state index contributed by atoms with van der Waals surface area (Å²) < 4.78 is 6.86. The number of aryl methyl sites for hydroxylation is 1. The SMILES string of the molecule is CCOC(=O)Cc1ccc(N2CC(O)=C(c3nc4ccccc4n3C)C2=N)cc1. The number of esters is 1. The molecule has 7 heteroatoms. The molecule has 2 heterocycles. The average molecular weight is 390 g/mol. The van der Waals surface area contributed by atoms with E-state index in [1.54, 1.807) is 11.8 Å². The van der Waals surface area contributed by atoms with Crippen LogP contribution in [0.15, 0.2) is 54.3 Å². The fourth-order valence-corrected chi connectivity index (χ4v) is 3.58. The number of aliphatic hydroxyl groups excluding tert-OH is 1. The molecule has 0 radical (unpaired) electrons. The highest BCUT2D eigenvalue weighted by atomic mass is 16.5. The predicted molar refractivity (Wildman–Crippen MR) is 112 cm³/mol. The number of hydrogen-bond donors (Lipinski definition) is 2. The number of carbonyl (C=O) groups is 1. The maximum Gasteiger partial charge on any atom is 0.310 e. The number of hydrogen-bond acceptors (Lipinski definition) is 5. The first-order chi connectivity index (χ1) is 14.0. The second kappa shape index (κ2) is 7.43. The maximum atomic E-state index is 11.6.